The van der Waals surface area contributed by atoms with E-state index in [1.54, 1.807) is 0 Å². The summed E-state index contributed by atoms with van der Waals surface area (Å²) in [5, 5.41) is 9.54. The second-order valence-corrected chi connectivity index (χ2v) is 10.5. The van der Waals surface area contributed by atoms with Gasteiger partial charge in [0.25, 0.3) is 0 Å². The second kappa shape index (κ2) is 9.90. The highest BCUT2D eigenvalue weighted by Gasteiger charge is 2.21. The number of hydrogen-bond acceptors (Lipinski definition) is 7. The zero-order chi connectivity index (χ0) is 20.9. The first-order chi connectivity index (χ1) is 13.9. The molecule has 29 heavy (non-hydrogen) atoms. The van der Waals surface area contributed by atoms with Crippen molar-refractivity contribution >= 4 is 27.5 Å². The highest BCUT2D eigenvalue weighted by molar-refractivity contribution is 7.99. The maximum atomic E-state index is 13.0. The van der Waals surface area contributed by atoms with Gasteiger partial charge in [0.05, 0.1) is 23.9 Å². The topological polar surface area (TPSA) is 77.3 Å². The molecule has 0 aliphatic carbocycles. The minimum atomic E-state index is -3.42. The van der Waals surface area contributed by atoms with E-state index in [2.05, 4.69) is 33.5 Å². The van der Waals surface area contributed by atoms with Crippen molar-refractivity contribution in [2.75, 3.05) is 42.7 Å². The third-order valence-corrected chi connectivity index (χ3v) is 7.37. The SMILES string of the molecule is CC(C)Cn1c(SCCCS(=O)(=O)c2ccc(F)cc2)nnc1N1CCOCC1. The summed E-state index contributed by atoms with van der Waals surface area (Å²) in [5.74, 6) is 1.47. The first kappa shape index (κ1) is 22.0. The molecule has 1 aliphatic rings. The number of ether oxygens (including phenoxy) is 1. The molecule has 0 radical (unpaired) electrons. The third-order valence-electron chi connectivity index (χ3n) is 4.50. The molecule has 0 unspecified atom stereocenters. The van der Waals surface area contributed by atoms with Gasteiger partial charge >= 0.3 is 0 Å². The van der Waals surface area contributed by atoms with Crippen molar-refractivity contribution in [3.63, 3.8) is 0 Å². The molecule has 1 saturated heterocycles. The van der Waals surface area contributed by atoms with Crippen LogP contribution in [-0.4, -0.2) is 61.0 Å². The molecule has 0 saturated carbocycles. The molecule has 10 heteroatoms. The molecule has 1 fully saturated rings. The summed E-state index contributed by atoms with van der Waals surface area (Å²) in [4.78, 5) is 2.34. The van der Waals surface area contributed by atoms with Crippen LogP contribution in [0.25, 0.3) is 0 Å². The monoisotopic (exact) mass is 442 g/mol. The summed E-state index contributed by atoms with van der Waals surface area (Å²) in [6, 6.07) is 4.96. The molecule has 1 aromatic carbocycles. The van der Waals surface area contributed by atoms with E-state index in [0.717, 1.165) is 30.7 Å². The Morgan fingerprint density at radius 2 is 1.86 bits per heavy atom. The van der Waals surface area contributed by atoms with E-state index < -0.39 is 15.7 Å². The molecular formula is C19H27FN4O3S2. The lowest BCUT2D eigenvalue weighted by Gasteiger charge is -2.28. The fourth-order valence-electron chi connectivity index (χ4n) is 3.08. The van der Waals surface area contributed by atoms with Gasteiger partial charge in [-0.25, -0.2) is 12.8 Å². The molecule has 3 rings (SSSR count). The number of thioether (sulfide) groups is 1. The Morgan fingerprint density at radius 1 is 1.17 bits per heavy atom. The van der Waals surface area contributed by atoms with Crippen molar-refractivity contribution in [2.24, 2.45) is 5.92 Å². The van der Waals surface area contributed by atoms with Crippen LogP contribution < -0.4 is 4.90 Å². The molecule has 1 aliphatic heterocycles. The van der Waals surface area contributed by atoms with Gasteiger partial charge in [0.15, 0.2) is 15.0 Å². The Labute approximate surface area is 175 Å². The van der Waals surface area contributed by atoms with Crippen LogP contribution in [-0.2, 0) is 21.1 Å². The molecule has 0 bridgehead atoms. The van der Waals surface area contributed by atoms with E-state index in [1.165, 1.54) is 36.0 Å². The Morgan fingerprint density at radius 3 is 2.52 bits per heavy atom. The molecule has 0 spiro atoms. The minimum Gasteiger partial charge on any atom is -0.378 e. The van der Waals surface area contributed by atoms with Gasteiger partial charge < -0.3 is 9.64 Å². The lowest BCUT2D eigenvalue weighted by molar-refractivity contribution is 0.121. The van der Waals surface area contributed by atoms with Crippen LogP contribution in [0.4, 0.5) is 10.3 Å². The zero-order valence-corrected chi connectivity index (χ0v) is 18.4. The molecule has 2 heterocycles. The summed E-state index contributed by atoms with van der Waals surface area (Å²) in [6.07, 6.45) is 0.478. The molecule has 1 aromatic heterocycles. The number of hydrogen-bond donors (Lipinski definition) is 0. The summed E-state index contributed by atoms with van der Waals surface area (Å²) < 4.78 is 45.3. The number of rotatable bonds is 9. The van der Waals surface area contributed by atoms with Gasteiger partial charge in [-0.05, 0) is 36.6 Å². The van der Waals surface area contributed by atoms with Crippen molar-refractivity contribution in [1.29, 1.82) is 0 Å². The van der Waals surface area contributed by atoms with Crippen molar-refractivity contribution < 1.29 is 17.5 Å². The Bertz CT molecular complexity index is 895. The van der Waals surface area contributed by atoms with Crippen LogP contribution >= 0.6 is 11.8 Å². The average Bonchev–Trinajstić information content (AvgIpc) is 3.08. The molecule has 0 N–H and O–H groups in total. The number of sulfone groups is 1. The predicted molar refractivity (Wildman–Crippen MR) is 112 cm³/mol. The van der Waals surface area contributed by atoms with E-state index >= 15 is 0 Å². The Kier molecular flexibility index (Phi) is 7.53. The van der Waals surface area contributed by atoms with Gasteiger partial charge in [0.1, 0.15) is 5.82 Å². The number of morpholine rings is 1. The maximum absolute atomic E-state index is 13.0. The maximum Gasteiger partial charge on any atom is 0.228 e. The van der Waals surface area contributed by atoms with Crippen LogP contribution in [0.15, 0.2) is 34.3 Å². The highest BCUT2D eigenvalue weighted by Crippen LogP contribution is 2.25. The third kappa shape index (κ3) is 5.93. The van der Waals surface area contributed by atoms with Gasteiger partial charge in [0, 0.05) is 25.4 Å². The first-order valence-corrected chi connectivity index (χ1v) is 12.4. The standard InChI is InChI=1S/C19H27FN4O3S2/c1-15(2)14-24-18(23-8-10-27-11-9-23)21-22-19(24)28-12-3-13-29(25,26)17-6-4-16(20)5-7-17/h4-7,15H,3,8-14H2,1-2H3. The first-order valence-electron chi connectivity index (χ1n) is 9.74. The second-order valence-electron chi connectivity index (χ2n) is 7.36. The summed E-state index contributed by atoms with van der Waals surface area (Å²) in [5.41, 5.74) is 0. The highest BCUT2D eigenvalue weighted by atomic mass is 32.2. The van der Waals surface area contributed by atoms with Gasteiger partial charge in [-0.1, -0.05) is 25.6 Å². The number of aromatic nitrogens is 3. The largest absolute Gasteiger partial charge is 0.378 e. The van der Waals surface area contributed by atoms with Crippen LogP contribution in [0.1, 0.15) is 20.3 Å². The predicted octanol–water partition coefficient (Wildman–Crippen LogP) is 2.87. The van der Waals surface area contributed by atoms with Crippen LogP contribution in [0.2, 0.25) is 0 Å². The van der Waals surface area contributed by atoms with E-state index in [0.29, 0.717) is 31.3 Å². The fraction of sp³-hybridized carbons (Fsp3) is 0.579. The van der Waals surface area contributed by atoms with Crippen molar-refractivity contribution in [3.8, 4) is 0 Å². The Hall–Kier alpha value is -1.65. The van der Waals surface area contributed by atoms with Gasteiger partial charge in [-0.2, -0.15) is 0 Å². The van der Waals surface area contributed by atoms with Crippen LogP contribution in [0.5, 0.6) is 0 Å². The summed E-state index contributed by atoms with van der Waals surface area (Å²) in [6.45, 7) is 8.03. The van der Waals surface area contributed by atoms with Gasteiger partial charge in [-0.15, -0.1) is 10.2 Å². The molecule has 2 aromatic rings. The van der Waals surface area contributed by atoms with E-state index in [9.17, 15) is 12.8 Å². The van der Waals surface area contributed by atoms with Crippen molar-refractivity contribution in [1.82, 2.24) is 14.8 Å². The van der Waals surface area contributed by atoms with Crippen LogP contribution in [0.3, 0.4) is 0 Å². The van der Waals surface area contributed by atoms with E-state index in [4.69, 9.17) is 4.74 Å². The van der Waals surface area contributed by atoms with E-state index in [-0.39, 0.29) is 10.6 Å². The molecule has 0 atom stereocenters. The quantitative estimate of drug-likeness (QED) is 0.336. The lowest BCUT2D eigenvalue weighted by atomic mass is 10.2. The average molecular weight is 443 g/mol. The van der Waals surface area contributed by atoms with Gasteiger partial charge in [-0.3, -0.25) is 4.57 Å². The normalized spacial score (nSPS) is 15.2. The number of halogens is 1. The lowest BCUT2D eigenvalue weighted by Crippen LogP contribution is -2.38. The summed E-state index contributed by atoms with van der Waals surface area (Å²) >= 11 is 1.52. The smallest absolute Gasteiger partial charge is 0.228 e. The zero-order valence-electron chi connectivity index (χ0n) is 16.8. The number of anilines is 1. The number of benzene rings is 1. The van der Waals surface area contributed by atoms with Gasteiger partial charge in [0.2, 0.25) is 5.95 Å². The number of nitrogens with zero attached hydrogens (tertiary/aromatic N) is 4. The van der Waals surface area contributed by atoms with Crippen molar-refractivity contribution in [3.05, 3.63) is 30.1 Å². The van der Waals surface area contributed by atoms with Crippen LogP contribution in [0, 0.1) is 11.7 Å². The molecule has 7 nitrogen and oxygen atoms in total. The Balaban J connectivity index is 1.61. The minimum absolute atomic E-state index is 0.0142. The molecule has 0 amide bonds. The molecular weight excluding hydrogens is 415 g/mol. The molecule has 160 valence electrons. The fourth-order valence-corrected chi connectivity index (χ4v) is 5.46. The van der Waals surface area contributed by atoms with E-state index in [1.807, 2.05) is 0 Å². The summed E-state index contributed by atoms with van der Waals surface area (Å²) in [7, 11) is -3.42. The van der Waals surface area contributed by atoms with Crippen molar-refractivity contribution in [2.45, 2.75) is 36.9 Å².